The fraction of sp³-hybridized carbons (Fsp3) is 0.136. The first-order chi connectivity index (χ1) is 13.2. The zero-order valence-electron chi connectivity index (χ0n) is 15.4. The molecule has 0 aliphatic rings. The summed E-state index contributed by atoms with van der Waals surface area (Å²) in [5, 5.41) is 1.83. The molecule has 138 valence electrons. The molecule has 0 heterocycles. The van der Waals surface area contributed by atoms with Gasteiger partial charge in [-0.15, -0.1) is 0 Å². The van der Waals surface area contributed by atoms with Gasteiger partial charge in [-0.3, -0.25) is 15.2 Å². The van der Waals surface area contributed by atoms with Gasteiger partial charge in [0.15, 0.2) is 11.5 Å². The SMILES string of the molecule is COc1ccc(C(=O)NN(Cc2ccccc2)c2ccccc2)cc1OC. The van der Waals surface area contributed by atoms with Crippen LogP contribution in [0.3, 0.4) is 0 Å². The van der Waals surface area contributed by atoms with Crippen LogP contribution in [0.4, 0.5) is 5.69 Å². The topological polar surface area (TPSA) is 50.8 Å². The fourth-order valence-electron chi connectivity index (χ4n) is 2.73. The fourth-order valence-corrected chi connectivity index (χ4v) is 2.73. The van der Waals surface area contributed by atoms with E-state index in [4.69, 9.17) is 9.47 Å². The van der Waals surface area contributed by atoms with Crippen molar-refractivity contribution in [3.05, 3.63) is 90.0 Å². The molecule has 0 atom stereocenters. The predicted octanol–water partition coefficient (Wildman–Crippen LogP) is 4.06. The number of rotatable bonds is 7. The molecule has 0 saturated carbocycles. The highest BCUT2D eigenvalue weighted by molar-refractivity contribution is 5.95. The van der Waals surface area contributed by atoms with E-state index in [1.807, 2.05) is 65.7 Å². The van der Waals surface area contributed by atoms with Crippen molar-refractivity contribution in [3.8, 4) is 11.5 Å². The zero-order chi connectivity index (χ0) is 19.1. The maximum absolute atomic E-state index is 12.8. The summed E-state index contributed by atoms with van der Waals surface area (Å²) in [6, 6.07) is 24.8. The molecule has 0 saturated heterocycles. The Morgan fingerprint density at radius 1 is 0.852 bits per heavy atom. The number of para-hydroxylation sites is 1. The molecule has 0 spiro atoms. The van der Waals surface area contributed by atoms with Crippen LogP contribution >= 0.6 is 0 Å². The van der Waals surface area contributed by atoms with Gasteiger partial charge in [0.1, 0.15) is 0 Å². The Balaban J connectivity index is 1.84. The summed E-state index contributed by atoms with van der Waals surface area (Å²) in [4.78, 5) is 12.8. The van der Waals surface area contributed by atoms with Gasteiger partial charge < -0.3 is 9.47 Å². The Bertz CT molecular complexity index is 883. The maximum Gasteiger partial charge on any atom is 0.269 e. The average molecular weight is 362 g/mol. The van der Waals surface area contributed by atoms with Crippen molar-refractivity contribution in [3.63, 3.8) is 0 Å². The number of methoxy groups -OCH3 is 2. The summed E-state index contributed by atoms with van der Waals surface area (Å²) in [5.41, 5.74) is 5.46. The second-order valence-electron chi connectivity index (χ2n) is 5.92. The number of hydrogen-bond donors (Lipinski definition) is 1. The monoisotopic (exact) mass is 362 g/mol. The summed E-state index contributed by atoms with van der Waals surface area (Å²) < 4.78 is 10.5. The smallest absolute Gasteiger partial charge is 0.269 e. The van der Waals surface area contributed by atoms with E-state index in [-0.39, 0.29) is 5.91 Å². The second kappa shape index (κ2) is 8.76. The number of nitrogens with zero attached hydrogens (tertiary/aromatic N) is 1. The maximum atomic E-state index is 12.8. The highest BCUT2D eigenvalue weighted by Crippen LogP contribution is 2.27. The average Bonchev–Trinajstić information content (AvgIpc) is 2.74. The van der Waals surface area contributed by atoms with Gasteiger partial charge in [-0.25, -0.2) is 0 Å². The Morgan fingerprint density at radius 2 is 1.48 bits per heavy atom. The van der Waals surface area contributed by atoms with Crippen LogP contribution in [0.15, 0.2) is 78.9 Å². The number of anilines is 1. The van der Waals surface area contributed by atoms with Gasteiger partial charge >= 0.3 is 0 Å². The van der Waals surface area contributed by atoms with E-state index < -0.39 is 0 Å². The number of hydrazine groups is 1. The van der Waals surface area contributed by atoms with Gasteiger partial charge in [-0.2, -0.15) is 0 Å². The first kappa shape index (κ1) is 18.3. The number of hydrogen-bond acceptors (Lipinski definition) is 4. The highest BCUT2D eigenvalue weighted by atomic mass is 16.5. The lowest BCUT2D eigenvalue weighted by Gasteiger charge is -2.25. The molecule has 0 unspecified atom stereocenters. The van der Waals surface area contributed by atoms with Crippen molar-refractivity contribution in [2.75, 3.05) is 19.2 Å². The van der Waals surface area contributed by atoms with Gasteiger partial charge in [-0.1, -0.05) is 48.5 Å². The van der Waals surface area contributed by atoms with E-state index in [1.54, 1.807) is 32.4 Å². The van der Waals surface area contributed by atoms with Gasteiger partial charge in [0.2, 0.25) is 0 Å². The predicted molar refractivity (Wildman–Crippen MR) is 106 cm³/mol. The number of benzene rings is 3. The summed E-state index contributed by atoms with van der Waals surface area (Å²) in [6.07, 6.45) is 0. The molecule has 1 amide bonds. The van der Waals surface area contributed by atoms with Gasteiger partial charge in [0.05, 0.1) is 26.5 Å². The normalized spacial score (nSPS) is 10.1. The van der Waals surface area contributed by atoms with E-state index in [2.05, 4.69) is 5.43 Å². The molecule has 27 heavy (non-hydrogen) atoms. The number of nitrogens with one attached hydrogen (secondary N) is 1. The first-order valence-corrected chi connectivity index (χ1v) is 8.61. The zero-order valence-corrected chi connectivity index (χ0v) is 15.4. The van der Waals surface area contributed by atoms with Gasteiger partial charge in [0.25, 0.3) is 5.91 Å². The Hall–Kier alpha value is -3.47. The second-order valence-corrected chi connectivity index (χ2v) is 5.92. The van der Waals surface area contributed by atoms with Gasteiger partial charge in [0, 0.05) is 5.56 Å². The number of amides is 1. The number of carbonyl (C=O) groups excluding carboxylic acids is 1. The van der Waals surface area contributed by atoms with Crippen LogP contribution < -0.4 is 19.9 Å². The van der Waals surface area contributed by atoms with Gasteiger partial charge in [-0.05, 0) is 35.9 Å². The Morgan fingerprint density at radius 3 is 2.11 bits per heavy atom. The minimum absolute atomic E-state index is 0.226. The van der Waals surface area contributed by atoms with Crippen molar-refractivity contribution < 1.29 is 14.3 Å². The lowest BCUT2D eigenvalue weighted by molar-refractivity contribution is 0.0948. The molecule has 3 aromatic carbocycles. The molecular weight excluding hydrogens is 340 g/mol. The molecule has 0 bridgehead atoms. The van der Waals surface area contributed by atoms with E-state index >= 15 is 0 Å². The molecule has 0 radical (unpaired) electrons. The van der Waals surface area contributed by atoms with E-state index in [1.165, 1.54) is 0 Å². The van der Waals surface area contributed by atoms with Crippen LogP contribution in [0.25, 0.3) is 0 Å². The van der Waals surface area contributed by atoms with Crippen LogP contribution in [-0.4, -0.2) is 20.1 Å². The molecule has 5 nitrogen and oxygen atoms in total. The van der Waals surface area contributed by atoms with Crippen LogP contribution in [0.1, 0.15) is 15.9 Å². The van der Waals surface area contributed by atoms with E-state index in [9.17, 15) is 4.79 Å². The van der Waals surface area contributed by atoms with Crippen molar-refractivity contribution in [1.82, 2.24) is 5.43 Å². The summed E-state index contributed by atoms with van der Waals surface area (Å²) >= 11 is 0. The lowest BCUT2D eigenvalue weighted by Crippen LogP contribution is -2.42. The molecule has 1 N–H and O–H groups in total. The summed E-state index contributed by atoms with van der Waals surface area (Å²) in [7, 11) is 3.11. The molecule has 3 rings (SSSR count). The van der Waals surface area contributed by atoms with Crippen molar-refractivity contribution >= 4 is 11.6 Å². The number of ether oxygens (including phenoxy) is 2. The molecule has 0 aliphatic heterocycles. The molecule has 0 fully saturated rings. The summed E-state index contributed by atoms with van der Waals surface area (Å²) in [5.74, 6) is 0.869. The van der Waals surface area contributed by atoms with Crippen molar-refractivity contribution in [2.24, 2.45) is 0 Å². The molecule has 0 aromatic heterocycles. The highest BCUT2D eigenvalue weighted by Gasteiger charge is 2.15. The third-order valence-corrected chi connectivity index (χ3v) is 4.13. The summed E-state index contributed by atoms with van der Waals surface area (Å²) in [6.45, 7) is 0.546. The third-order valence-electron chi connectivity index (χ3n) is 4.13. The van der Waals surface area contributed by atoms with Crippen LogP contribution in [-0.2, 0) is 6.54 Å². The molecule has 0 aliphatic carbocycles. The van der Waals surface area contributed by atoms with E-state index in [0.29, 0.717) is 23.6 Å². The minimum atomic E-state index is -0.226. The largest absolute Gasteiger partial charge is 0.493 e. The number of carbonyl (C=O) groups is 1. The van der Waals surface area contributed by atoms with Crippen LogP contribution in [0, 0.1) is 0 Å². The Kier molecular flexibility index (Phi) is 5.94. The Labute approximate surface area is 159 Å². The molecule has 3 aromatic rings. The molecular formula is C22H22N2O3. The minimum Gasteiger partial charge on any atom is -0.493 e. The van der Waals surface area contributed by atoms with E-state index in [0.717, 1.165) is 11.3 Å². The standard InChI is InChI=1S/C22H22N2O3/c1-26-20-14-13-18(15-21(20)27-2)22(25)23-24(19-11-7-4-8-12-19)16-17-9-5-3-6-10-17/h3-15H,16H2,1-2H3,(H,23,25). The van der Waals surface area contributed by atoms with Crippen LogP contribution in [0.5, 0.6) is 11.5 Å². The van der Waals surface area contributed by atoms with Crippen LogP contribution in [0.2, 0.25) is 0 Å². The first-order valence-electron chi connectivity index (χ1n) is 8.61. The van der Waals surface area contributed by atoms with Crippen molar-refractivity contribution in [2.45, 2.75) is 6.54 Å². The molecule has 5 heteroatoms. The quantitative estimate of drug-likeness (QED) is 0.644. The lowest BCUT2D eigenvalue weighted by atomic mass is 10.2. The third kappa shape index (κ3) is 4.58. The van der Waals surface area contributed by atoms with Crippen molar-refractivity contribution in [1.29, 1.82) is 0 Å².